The molecule has 0 fully saturated rings. The number of rotatable bonds is 49. The summed E-state index contributed by atoms with van der Waals surface area (Å²) >= 11 is 0. The van der Waals surface area contributed by atoms with Crippen molar-refractivity contribution >= 4 is 17.9 Å². The van der Waals surface area contributed by atoms with Gasteiger partial charge in [0.05, 0.1) is 0 Å². The van der Waals surface area contributed by atoms with E-state index in [1.807, 2.05) is 0 Å². The zero-order valence-electron chi connectivity index (χ0n) is 42.7. The quantitative estimate of drug-likeness (QED) is 0.0344. The molecule has 0 amide bonds. The summed E-state index contributed by atoms with van der Waals surface area (Å²) in [4.78, 5) is 38.0. The van der Waals surface area contributed by atoms with Gasteiger partial charge in [0, 0.05) is 19.3 Å². The van der Waals surface area contributed by atoms with Gasteiger partial charge in [-0.15, -0.1) is 0 Å². The summed E-state index contributed by atoms with van der Waals surface area (Å²) in [6, 6.07) is 0. The summed E-state index contributed by atoms with van der Waals surface area (Å²) in [6.45, 7) is 13.7. The van der Waals surface area contributed by atoms with Crippen molar-refractivity contribution in [3.05, 3.63) is 0 Å². The van der Waals surface area contributed by atoms with Gasteiger partial charge in [-0.1, -0.05) is 266 Å². The van der Waals surface area contributed by atoms with Crippen molar-refractivity contribution in [2.24, 2.45) is 17.8 Å². The summed E-state index contributed by atoms with van der Waals surface area (Å²) < 4.78 is 16.8. The van der Waals surface area contributed by atoms with Crippen LogP contribution in [0.25, 0.3) is 0 Å². The van der Waals surface area contributed by atoms with Crippen LogP contribution in [0, 0.1) is 17.8 Å². The van der Waals surface area contributed by atoms with Crippen LogP contribution < -0.4 is 0 Å². The Morgan fingerprint density at radius 1 is 0.274 bits per heavy atom. The second kappa shape index (κ2) is 47.4. The van der Waals surface area contributed by atoms with Crippen LogP contribution in [0.15, 0.2) is 0 Å². The van der Waals surface area contributed by atoms with Gasteiger partial charge in [-0.2, -0.15) is 0 Å². The summed E-state index contributed by atoms with van der Waals surface area (Å²) in [6.07, 6.45) is 48.1. The van der Waals surface area contributed by atoms with Crippen molar-refractivity contribution in [2.75, 3.05) is 13.2 Å². The van der Waals surface area contributed by atoms with E-state index in [-0.39, 0.29) is 31.1 Å². The van der Waals surface area contributed by atoms with E-state index in [1.54, 1.807) is 0 Å². The fraction of sp³-hybridized carbons (Fsp3) is 0.946. The Kier molecular flexibility index (Phi) is 46.2. The Labute approximate surface area is 387 Å². The minimum atomic E-state index is -0.763. The highest BCUT2D eigenvalue weighted by Gasteiger charge is 2.19. The molecule has 62 heavy (non-hydrogen) atoms. The van der Waals surface area contributed by atoms with Crippen LogP contribution in [0.5, 0.6) is 0 Å². The smallest absolute Gasteiger partial charge is 0.306 e. The van der Waals surface area contributed by atoms with Crippen LogP contribution in [-0.2, 0) is 28.6 Å². The predicted octanol–water partition coefficient (Wildman–Crippen LogP) is 17.9. The first kappa shape index (κ1) is 60.4. The van der Waals surface area contributed by atoms with Crippen molar-refractivity contribution in [2.45, 2.75) is 311 Å². The molecule has 0 heterocycles. The van der Waals surface area contributed by atoms with E-state index in [0.29, 0.717) is 19.3 Å². The van der Waals surface area contributed by atoms with Gasteiger partial charge in [-0.05, 0) is 37.0 Å². The molecule has 0 bridgehead atoms. The van der Waals surface area contributed by atoms with Gasteiger partial charge in [0.15, 0.2) is 6.10 Å². The number of ether oxygens (including phenoxy) is 3. The van der Waals surface area contributed by atoms with E-state index in [4.69, 9.17) is 14.2 Å². The van der Waals surface area contributed by atoms with Gasteiger partial charge >= 0.3 is 17.9 Å². The molecule has 0 aromatic heterocycles. The van der Waals surface area contributed by atoms with Crippen molar-refractivity contribution in [1.82, 2.24) is 0 Å². The third-order valence-electron chi connectivity index (χ3n) is 12.6. The van der Waals surface area contributed by atoms with Gasteiger partial charge in [0.2, 0.25) is 0 Å². The third-order valence-corrected chi connectivity index (χ3v) is 12.6. The summed E-state index contributed by atoms with van der Waals surface area (Å²) in [5.41, 5.74) is 0. The number of esters is 3. The maximum absolute atomic E-state index is 12.8. The maximum atomic E-state index is 12.8. The number of hydrogen-bond acceptors (Lipinski definition) is 6. The highest BCUT2D eigenvalue weighted by molar-refractivity contribution is 5.71. The molecule has 0 unspecified atom stereocenters. The zero-order chi connectivity index (χ0) is 45.6. The minimum absolute atomic E-state index is 0.0644. The summed E-state index contributed by atoms with van der Waals surface area (Å²) in [5, 5.41) is 0. The van der Waals surface area contributed by atoms with Gasteiger partial charge in [-0.25, -0.2) is 0 Å². The van der Waals surface area contributed by atoms with Crippen molar-refractivity contribution in [3.8, 4) is 0 Å². The highest BCUT2D eigenvalue weighted by atomic mass is 16.6. The summed E-state index contributed by atoms with van der Waals surface area (Å²) in [7, 11) is 0. The first-order chi connectivity index (χ1) is 30.1. The van der Waals surface area contributed by atoms with Crippen LogP contribution in [0.3, 0.4) is 0 Å². The molecule has 0 aliphatic rings. The van der Waals surface area contributed by atoms with E-state index < -0.39 is 6.10 Å². The lowest BCUT2D eigenvalue weighted by atomic mass is 10.0. The van der Waals surface area contributed by atoms with Gasteiger partial charge in [-0.3, -0.25) is 14.4 Å². The average molecular weight is 877 g/mol. The molecule has 0 radical (unpaired) electrons. The highest BCUT2D eigenvalue weighted by Crippen LogP contribution is 2.18. The largest absolute Gasteiger partial charge is 0.462 e. The Balaban J connectivity index is 4.26. The third kappa shape index (κ3) is 49.4. The summed E-state index contributed by atoms with van der Waals surface area (Å²) in [5.74, 6) is 1.63. The van der Waals surface area contributed by atoms with E-state index in [2.05, 4.69) is 41.5 Å². The average Bonchev–Trinajstić information content (AvgIpc) is 3.23. The van der Waals surface area contributed by atoms with Crippen LogP contribution in [0.1, 0.15) is 305 Å². The number of carbonyl (C=O) groups excluding carboxylic acids is 3. The molecule has 0 saturated heterocycles. The lowest BCUT2D eigenvalue weighted by Crippen LogP contribution is -2.30. The lowest BCUT2D eigenvalue weighted by Gasteiger charge is -2.18. The number of hydrogen-bond donors (Lipinski definition) is 0. The van der Waals surface area contributed by atoms with E-state index in [0.717, 1.165) is 75.5 Å². The molecule has 1 atom stereocenters. The second-order valence-electron chi connectivity index (χ2n) is 20.6. The van der Waals surface area contributed by atoms with Crippen LogP contribution in [0.4, 0.5) is 0 Å². The molecule has 0 saturated carbocycles. The first-order valence-electron chi connectivity index (χ1n) is 27.6. The lowest BCUT2D eigenvalue weighted by molar-refractivity contribution is -0.167. The molecule has 368 valence electrons. The molecule has 0 aliphatic carbocycles. The molecular formula is C56H108O6. The Bertz CT molecular complexity index is 960. The molecule has 0 aromatic rings. The number of unbranched alkanes of at least 4 members (excludes halogenated alkanes) is 32. The molecule has 0 aliphatic heterocycles. The van der Waals surface area contributed by atoms with Crippen LogP contribution in [0.2, 0.25) is 0 Å². The van der Waals surface area contributed by atoms with Crippen LogP contribution in [-0.4, -0.2) is 37.2 Å². The molecular weight excluding hydrogens is 769 g/mol. The topological polar surface area (TPSA) is 78.9 Å². The fourth-order valence-electron chi connectivity index (χ4n) is 8.47. The molecule has 0 spiro atoms. The Hall–Kier alpha value is -1.59. The number of carbonyl (C=O) groups is 3. The van der Waals surface area contributed by atoms with Gasteiger partial charge in [0.1, 0.15) is 13.2 Å². The monoisotopic (exact) mass is 877 g/mol. The molecule has 0 N–H and O–H groups in total. The molecule has 6 heteroatoms. The first-order valence-corrected chi connectivity index (χ1v) is 27.6. The zero-order valence-corrected chi connectivity index (χ0v) is 42.7. The van der Waals surface area contributed by atoms with E-state index in [1.165, 1.54) is 186 Å². The van der Waals surface area contributed by atoms with Crippen molar-refractivity contribution in [1.29, 1.82) is 0 Å². The molecule has 6 nitrogen and oxygen atoms in total. The van der Waals surface area contributed by atoms with Crippen LogP contribution >= 0.6 is 0 Å². The van der Waals surface area contributed by atoms with Crippen molar-refractivity contribution in [3.63, 3.8) is 0 Å². The van der Waals surface area contributed by atoms with Gasteiger partial charge in [0.25, 0.3) is 0 Å². The Morgan fingerprint density at radius 2 is 0.468 bits per heavy atom. The molecule has 0 rings (SSSR count). The van der Waals surface area contributed by atoms with Gasteiger partial charge < -0.3 is 14.2 Å². The predicted molar refractivity (Wildman–Crippen MR) is 266 cm³/mol. The maximum Gasteiger partial charge on any atom is 0.306 e. The Morgan fingerprint density at radius 3 is 0.694 bits per heavy atom. The van der Waals surface area contributed by atoms with E-state index >= 15 is 0 Å². The normalized spacial score (nSPS) is 12.1. The standard InChI is InChI=1S/C56H108O6/c1-50(2)42-36-30-24-18-14-10-8-7-9-11-16-20-27-33-39-45-54(57)60-48-53(62-56(59)47-41-35-29-23-22-26-32-38-44-52(5)6)49-61-55(58)46-40-34-28-21-17-13-12-15-19-25-31-37-43-51(3)4/h50-53H,7-49H2,1-6H3/t53-/m1/s1. The van der Waals surface area contributed by atoms with E-state index in [9.17, 15) is 14.4 Å². The minimum Gasteiger partial charge on any atom is -0.462 e. The molecule has 0 aromatic carbocycles. The SMILES string of the molecule is CC(C)CCCCCCCCCCCCCCCCCC(=O)OC[C@H](COC(=O)CCCCCCCCCCCCCCC(C)C)OC(=O)CCCCCCCCCCC(C)C. The fourth-order valence-corrected chi connectivity index (χ4v) is 8.47. The second-order valence-corrected chi connectivity index (χ2v) is 20.6. The van der Waals surface area contributed by atoms with Crippen molar-refractivity contribution < 1.29 is 28.6 Å².